The van der Waals surface area contributed by atoms with Crippen molar-refractivity contribution in [1.82, 2.24) is 10.2 Å². The summed E-state index contributed by atoms with van der Waals surface area (Å²) < 4.78 is 10.7. The molecule has 4 rings (SSSR count). The third-order valence-corrected chi connectivity index (χ3v) is 6.35. The van der Waals surface area contributed by atoms with E-state index in [1.165, 1.54) is 28.0 Å². The van der Waals surface area contributed by atoms with E-state index < -0.39 is 0 Å². The Hall–Kier alpha value is -1.87. The van der Waals surface area contributed by atoms with Crippen molar-refractivity contribution >= 4 is 40.0 Å². The predicted octanol–water partition coefficient (Wildman–Crippen LogP) is 3.40. The summed E-state index contributed by atoms with van der Waals surface area (Å²) in [5.74, 6) is 0.642. The molecule has 0 aliphatic heterocycles. The van der Waals surface area contributed by atoms with Gasteiger partial charge in [0.15, 0.2) is 0 Å². The van der Waals surface area contributed by atoms with E-state index in [1.807, 2.05) is 0 Å². The van der Waals surface area contributed by atoms with Crippen LogP contribution in [0.4, 0.5) is 5.00 Å². The van der Waals surface area contributed by atoms with E-state index in [4.69, 9.17) is 9.15 Å². The van der Waals surface area contributed by atoms with Crippen LogP contribution in [0.1, 0.15) is 58.8 Å². The van der Waals surface area contributed by atoms with Crippen molar-refractivity contribution in [3.05, 3.63) is 21.9 Å². The van der Waals surface area contributed by atoms with E-state index >= 15 is 0 Å². The Morgan fingerprint density at radius 2 is 2.19 bits per heavy atom. The first kappa shape index (κ1) is 17.5. The lowest BCUT2D eigenvalue weighted by molar-refractivity contribution is -0.113. The molecular weight excluding hydrogens is 374 g/mol. The third-order valence-electron chi connectivity index (χ3n) is 4.33. The molecule has 1 fully saturated rings. The van der Waals surface area contributed by atoms with Gasteiger partial charge in [-0.25, -0.2) is 4.79 Å². The van der Waals surface area contributed by atoms with Gasteiger partial charge in [-0.3, -0.25) is 4.79 Å². The molecule has 26 heavy (non-hydrogen) atoms. The Labute approximate surface area is 158 Å². The summed E-state index contributed by atoms with van der Waals surface area (Å²) in [7, 11) is 0. The van der Waals surface area contributed by atoms with Crippen molar-refractivity contribution < 1.29 is 18.7 Å². The fourth-order valence-corrected chi connectivity index (χ4v) is 4.84. The predicted molar refractivity (Wildman–Crippen MR) is 97.9 cm³/mol. The first-order valence-electron chi connectivity index (χ1n) is 8.73. The number of fused-ring (bicyclic) bond motifs is 1. The Kier molecular flexibility index (Phi) is 4.99. The molecule has 0 radical (unpaired) electrons. The number of aromatic nitrogens is 2. The Morgan fingerprint density at radius 3 is 2.96 bits per heavy atom. The van der Waals surface area contributed by atoms with E-state index in [0.29, 0.717) is 34.2 Å². The van der Waals surface area contributed by atoms with Crippen molar-refractivity contribution in [3.8, 4) is 0 Å². The zero-order valence-electron chi connectivity index (χ0n) is 14.4. The normalized spacial score (nSPS) is 15.7. The second-order valence-corrected chi connectivity index (χ2v) is 8.33. The molecule has 2 aliphatic rings. The van der Waals surface area contributed by atoms with E-state index in [-0.39, 0.29) is 17.6 Å². The number of rotatable bonds is 7. The van der Waals surface area contributed by atoms with E-state index in [9.17, 15) is 9.59 Å². The number of esters is 1. The van der Waals surface area contributed by atoms with Crippen molar-refractivity contribution in [3.63, 3.8) is 0 Å². The number of thiophene rings is 1. The highest BCUT2D eigenvalue weighted by atomic mass is 32.2. The highest BCUT2D eigenvalue weighted by Gasteiger charge is 2.30. The lowest BCUT2D eigenvalue weighted by Crippen LogP contribution is -2.16. The van der Waals surface area contributed by atoms with Gasteiger partial charge in [-0.1, -0.05) is 11.8 Å². The number of nitrogens with one attached hydrogen (secondary N) is 1. The first-order chi connectivity index (χ1) is 12.7. The number of hydrogen-bond donors (Lipinski definition) is 1. The smallest absolute Gasteiger partial charge is 0.341 e. The molecule has 2 aromatic rings. The number of nitrogens with zero attached hydrogens (tertiary/aromatic N) is 2. The number of carbonyl (C=O) groups is 2. The summed E-state index contributed by atoms with van der Waals surface area (Å²) in [5, 5.41) is 11.8. The number of carbonyl (C=O) groups excluding carboxylic acids is 2. The van der Waals surface area contributed by atoms with Crippen molar-refractivity contribution in [1.29, 1.82) is 0 Å². The monoisotopic (exact) mass is 393 g/mol. The fourth-order valence-electron chi connectivity index (χ4n) is 2.98. The molecule has 0 atom stereocenters. The summed E-state index contributed by atoms with van der Waals surface area (Å²) in [5.41, 5.74) is 1.55. The van der Waals surface area contributed by atoms with Crippen LogP contribution in [0.3, 0.4) is 0 Å². The van der Waals surface area contributed by atoms with Crippen LogP contribution in [0.15, 0.2) is 9.64 Å². The standard InChI is InChI=1S/C17H19N3O4S2/c1-2-23-16(22)13-10-4-3-5-11(10)26-15(13)18-12(21)8-25-17-20-19-14(24-17)9-6-7-9/h9H,2-8H2,1H3,(H,18,21). The molecule has 0 unspecified atom stereocenters. The minimum atomic E-state index is -0.360. The van der Waals surface area contributed by atoms with Crippen LogP contribution in [0.25, 0.3) is 0 Å². The number of amides is 1. The number of thioether (sulfide) groups is 1. The maximum atomic E-state index is 12.3. The maximum absolute atomic E-state index is 12.3. The molecule has 1 amide bonds. The summed E-state index contributed by atoms with van der Waals surface area (Å²) in [6, 6.07) is 0. The molecule has 1 N–H and O–H groups in total. The number of ether oxygens (including phenoxy) is 1. The number of aryl methyl sites for hydroxylation is 1. The van der Waals surface area contributed by atoms with Gasteiger partial charge in [0.2, 0.25) is 11.8 Å². The maximum Gasteiger partial charge on any atom is 0.341 e. The van der Waals surface area contributed by atoms with Crippen LogP contribution in [0.2, 0.25) is 0 Å². The second-order valence-electron chi connectivity index (χ2n) is 6.30. The van der Waals surface area contributed by atoms with Gasteiger partial charge in [-0.15, -0.1) is 21.5 Å². The van der Waals surface area contributed by atoms with Crippen molar-refractivity contribution in [2.24, 2.45) is 0 Å². The van der Waals surface area contributed by atoms with Crippen LogP contribution in [0, 0.1) is 0 Å². The Morgan fingerprint density at radius 1 is 1.35 bits per heavy atom. The molecule has 2 heterocycles. The molecular formula is C17H19N3O4S2. The largest absolute Gasteiger partial charge is 0.462 e. The topological polar surface area (TPSA) is 94.3 Å². The average molecular weight is 393 g/mol. The van der Waals surface area contributed by atoms with Gasteiger partial charge in [0.25, 0.3) is 5.22 Å². The highest BCUT2D eigenvalue weighted by molar-refractivity contribution is 7.99. The van der Waals surface area contributed by atoms with Crippen LogP contribution >= 0.6 is 23.1 Å². The van der Waals surface area contributed by atoms with E-state index in [1.54, 1.807) is 6.92 Å². The van der Waals surface area contributed by atoms with Crippen LogP contribution < -0.4 is 5.32 Å². The average Bonchev–Trinajstić information content (AvgIpc) is 3.03. The molecule has 138 valence electrons. The van der Waals surface area contributed by atoms with Gasteiger partial charge in [0, 0.05) is 10.8 Å². The lowest BCUT2D eigenvalue weighted by Gasteiger charge is -2.07. The third kappa shape index (κ3) is 3.64. The van der Waals surface area contributed by atoms with Crippen LogP contribution in [0.5, 0.6) is 0 Å². The SMILES string of the molecule is CCOC(=O)c1c(NC(=O)CSc2nnc(C3CC3)o2)sc2c1CCC2. The quantitative estimate of drug-likeness (QED) is 0.569. The van der Waals surface area contributed by atoms with Gasteiger partial charge in [-0.05, 0) is 44.6 Å². The molecule has 0 saturated heterocycles. The number of anilines is 1. The van der Waals surface area contributed by atoms with Gasteiger partial charge < -0.3 is 14.5 Å². The fraction of sp³-hybridized carbons (Fsp3) is 0.529. The zero-order chi connectivity index (χ0) is 18.1. The molecule has 0 aromatic carbocycles. The minimum absolute atomic E-state index is 0.150. The summed E-state index contributed by atoms with van der Waals surface area (Å²) in [6.45, 7) is 2.09. The van der Waals surface area contributed by atoms with Crippen LogP contribution in [-0.4, -0.2) is 34.4 Å². The molecule has 2 aliphatic carbocycles. The van der Waals surface area contributed by atoms with Gasteiger partial charge >= 0.3 is 5.97 Å². The lowest BCUT2D eigenvalue weighted by atomic mass is 10.1. The highest BCUT2D eigenvalue weighted by Crippen LogP contribution is 2.40. The zero-order valence-corrected chi connectivity index (χ0v) is 16.0. The van der Waals surface area contributed by atoms with Crippen molar-refractivity contribution in [2.75, 3.05) is 17.7 Å². The van der Waals surface area contributed by atoms with E-state index in [2.05, 4.69) is 15.5 Å². The van der Waals surface area contributed by atoms with Crippen LogP contribution in [-0.2, 0) is 22.4 Å². The Bertz CT molecular complexity index is 841. The molecule has 2 aromatic heterocycles. The minimum Gasteiger partial charge on any atom is -0.462 e. The van der Waals surface area contributed by atoms with E-state index in [0.717, 1.165) is 37.7 Å². The van der Waals surface area contributed by atoms with Gasteiger partial charge in [0.05, 0.1) is 17.9 Å². The van der Waals surface area contributed by atoms with Gasteiger partial charge in [0.1, 0.15) is 5.00 Å². The summed E-state index contributed by atoms with van der Waals surface area (Å²) in [6.07, 6.45) is 5.02. The second kappa shape index (κ2) is 7.40. The molecule has 1 saturated carbocycles. The first-order valence-corrected chi connectivity index (χ1v) is 10.5. The molecule has 9 heteroatoms. The van der Waals surface area contributed by atoms with Crippen molar-refractivity contribution in [2.45, 2.75) is 50.2 Å². The number of hydrogen-bond acceptors (Lipinski definition) is 8. The molecule has 0 spiro atoms. The summed E-state index contributed by atoms with van der Waals surface area (Å²) >= 11 is 2.68. The molecule has 7 nitrogen and oxygen atoms in total. The summed E-state index contributed by atoms with van der Waals surface area (Å²) in [4.78, 5) is 25.8. The molecule has 0 bridgehead atoms. The van der Waals surface area contributed by atoms with Gasteiger partial charge in [-0.2, -0.15) is 0 Å². The Balaban J connectivity index is 1.41.